The lowest BCUT2D eigenvalue weighted by molar-refractivity contribution is 0.247. The van der Waals surface area contributed by atoms with E-state index in [4.69, 9.17) is 5.73 Å². The summed E-state index contributed by atoms with van der Waals surface area (Å²) in [6.07, 6.45) is 1.87. The number of aromatic nitrogens is 1. The summed E-state index contributed by atoms with van der Waals surface area (Å²) in [6, 6.07) is 0.274. The van der Waals surface area contributed by atoms with Gasteiger partial charge in [-0.1, -0.05) is 0 Å². The minimum atomic E-state index is 0.274. The lowest BCUT2D eigenvalue weighted by Gasteiger charge is -2.35. The van der Waals surface area contributed by atoms with Crippen LogP contribution in [-0.2, 0) is 0 Å². The maximum absolute atomic E-state index is 5.79. The molecule has 15 heavy (non-hydrogen) atoms. The summed E-state index contributed by atoms with van der Waals surface area (Å²) in [5, 5.41) is 3.18. The Kier molecular flexibility index (Phi) is 3.56. The van der Waals surface area contributed by atoms with E-state index in [1.165, 1.54) is 0 Å². The summed E-state index contributed by atoms with van der Waals surface area (Å²) in [7, 11) is 0. The molecule has 1 fully saturated rings. The summed E-state index contributed by atoms with van der Waals surface area (Å²) in [4.78, 5) is 9.10. The van der Waals surface area contributed by atoms with Crippen LogP contribution in [0.1, 0.15) is 6.92 Å². The normalized spacial score (nSPS) is 20.5. The molecule has 2 rings (SSSR count). The zero-order valence-corrected chi connectivity index (χ0v) is 9.91. The van der Waals surface area contributed by atoms with E-state index in [1.807, 2.05) is 11.6 Å². The van der Waals surface area contributed by atoms with E-state index in [0.29, 0.717) is 0 Å². The van der Waals surface area contributed by atoms with Crippen molar-refractivity contribution in [2.75, 3.05) is 37.6 Å². The zero-order valence-electron chi connectivity index (χ0n) is 9.09. The Labute approximate surface area is 94.7 Å². The zero-order chi connectivity index (χ0) is 10.7. The summed E-state index contributed by atoms with van der Waals surface area (Å²) < 4.78 is 0. The predicted molar refractivity (Wildman–Crippen MR) is 64.4 cm³/mol. The Morgan fingerprint density at radius 1 is 1.47 bits per heavy atom. The van der Waals surface area contributed by atoms with Gasteiger partial charge >= 0.3 is 0 Å². The molecular weight excluding hydrogens is 208 g/mol. The average Bonchev–Trinajstić information content (AvgIpc) is 2.71. The van der Waals surface area contributed by atoms with E-state index in [-0.39, 0.29) is 6.04 Å². The van der Waals surface area contributed by atoms with Crippen molar-refractivity contribution in [2.45, 2.75) is 13.0 Å². The van der Waals surface area contributed by atoms with Gasteiger partial charge in [-0.25, -0.2) is 4.98 Å². The maximum Gasteiger partial charge on any atom is 0.185 e. The van der Waals surface area contributed by atoms with Crippen LogP contribution in [0.3, 0.4) is 0 Å². The van der Waals surface area contributed by atoms with Crippen LogP contribution < -0.4 is 10.6 Å². The minimum absolute atomic E-state index is 0.274. The summed E-state index contributed by atoms with van der Waals surface area (Å²) in [5.41, 5.74) is 5.79. The molecule has 1 aliphatic heterocycles. The predicted octanol–water partition coefficient (Wildman–Crippen LogP) is 0.612. The van der Waals surface area contributed by atoms with Crippen molar-refractivity contribution in [3.05, 3.63) is 11.6 Å². The molecule has 2 heterocycles. The maximum atomic E-state index is 5.79. The van der Waals surface area contributed by atoms with Crippen LogP contribution in [0.2, 0.25) is 0 Å². The van der Waals surface area contributed by atoms with Crippen LogP contribution in [0.5, 0.6) is 0 Å². The van der Waals surface area contributed by atoms with Crippen LogP contribution in [0.15, 0.2) is 11.6 Å². The van der Waals surface area contributed by atoms with Crippen LogP contribution in [0.25, 0.3) is 0 Å². The van der Waals surface area contributed by atoms with Gasteiger partial charge in [-0.05, 0) is 6.92 Å². The quantitative estimate of drug-likeness (QED) is 0.820. The number of hydrogen-bond donors (Lipinski definition) is 1. The molecule has 0 aromatic carbocycles. The fourth-order valence-electron chi connectivity index (χ4n) is 1.90. The van der Waals surface area contributed by atoms with Gasteiger partial charge in [0.25, 0.3) is 0 Å². The molecule has 1 aromatic heterocycles. The van der Waals surface area contributed by atoms with E-state index in [2.05, 4.69) is 21.7 Å². The Hall–Kier alpha value is -0.650. The molecule has 1 atom stereocenters. The molecule has 4 nitrogen and oxygen atoms in total. The van der Waals surface area contributed by atoms with Gasteiger partial charge in [0.1, 0.15) is 0 Å². The van der Waals surface area contributed by atoms with Gasteiger partial charge in [0.2, 0.25) is 0 Å². The van der Waals surface area contributed by atoms with Gasteiger partial charge in [0, 0.05) is 50.3 Å². The highest BCUT2D eigenvalue weighted by Crippen LogP contribution is 2.18. The van der Waals surface area contributed by atoms with E-state index >= 15 is 0 Å². The lowest BCUT2D eigenvalue weighted by Crippen LogP contribution is -2.49. The molecule has 0 amide bonds. The molecule has 1 aliphatic rings. The van der Waals surface area contributed by atoms with Crippen molar-refractivity contribution in [2.24, 2.45) is 5.73 Å². The van der Waals surface area contributed by atoms with E-state index in [1.54, 1.807) is 11.3 Å². The monoisotopic (exact) mass is 226 g/mol. The highest BCUT2D eigenvalue weighted by Gasteiger charge is 2.18. The third kappa shape index (κ3) is 2.90. The Bertz CT molecular complexity index is 278. The second-order valence-corrected chi connectivity index (χ2v) is 4.95. The van der Waals surface area contributed by atoms with Crippen molar-refractivity contribution in [1.82, 2.24) is 9.88 Å². The van der Waals surface area contributed by atoms with E-state index in [0.717, 1.165) is 37.9 Å². The fourth-order valence-corrected chi connectivity index (χ4v) is 2.60. The summed E-state index contributed by atoms with van der Waals surface area (Å²) in [5.74, 6) is 0. The highest BCUT2D eigenvalue weighted by atomic mass is 32.1. The topological polar surface area (TPSA) is 45.4 Å². The molecule has 0 saturated carbocycles. The smallest absolute Gasteiger partial charge is 0.185 e. The fraction of sp³-hybridized carbons (Fsp3) is 0.700. The molecule has 1 saturated heterocycles. The van der Waals surface area contributed by atoms with Crippen molar-refractivity contribution in [3.63, 3.8) is 0 Å². The third-order valence-electron chi connectivity index (χ3n) is 2.61. The Balaban J connectivity index is 1.82. The first-order valence-corrected chi connectivity index (χ1v) is 6.26. The number of anilines is 1. The number of thiazole rings is 1. The number of nitrogens with zero attached hydrogens (tertiary/aromatic N) is 3. The highest BCUT2D eigenvalue weighted by molar-refractivity contribution is 7.13. The molecule has 0 radical (unpaired) electrons. The largest absolute Gasteiger partial charge is 0.346 e. The molecule has 5 heteroatoms. The standard InChI is InChI=1S/C10H18N4S/c1-9(11)8-13-3-5-14(6-4-13)10-12-2-7-15-10/h2,7,9H,3-6,8,11H2,1H3/t9-/m1/s1. The molecule has 0 aliphatic carbocycles. The molecule has 0 unspecified atom stereocenters. The van der Waals surface area contributed by atoms with Gasteiger partial charge in [0.15, 0.2) is 5.13 Å². The Morgan fingerprint density at radius 2 is 2.20 bits per heavy atom. The first-order chi connectivity index (χ1) is 7.25. The first kappa shape index (κ1) is 10.9. The second-order valence-electron chi connectivity index (χ2n) is 4.08. The lowest BCUT2D eigenvalue weighted by atomic mass is 10.2. The van der Waals surface area contributed by atoms with Gasteiger partial charge < -0.3 is 10.6 Å². The van der Waals surface area contributed by atoms with Crippen molar-refractivity contribution >= 4 is 16.5 Å². The molecule has 0 bridgehead atoms. The van der Waals surface area contributed by atoms with Crippen LogP contribution in [0, 0.1) is 0 Å². The van der Waals surface area contributed by atoms with Crippen molar-refractivity contribution in [1.29, 1.82) is 0 Å². The number of hydrogen-bond acceptors (Lipinski definition) is 5. The van der Waals surface area contributed by atoms with Gasteiger partial charge in [-0.2, -0.15) is 0 Å². The van der Waals surface area contributed by atoms with Crippen LogP contribution in [-0.4, -0.2) is 48.6 Å². The molecule has 1 aromatic rings. The second kappa shape index (κ2) is 4.92. The molecule has 2 N–H and O–H groups in total. The summed E-state index contributed by atoms with van der Waals surface area (Å²) >= 11 is 1.72. The van der Waals surface area contributed by atoms with E-state index < -0.39 is 0 Å². The van der Waals surface area contributed by atoms with Crippen LogP contribution in [0.4, 0.5) is 5.13 Å². The van der Waals surface area contributed by atoms with Gasteiger partial charge in [0.05, 0.1) is 0 Å². The molecular formula is C10H18N4S. The molecule has 0 spiro atoms. The van der Waals surface area contributed by atoms with E-state index in [9.17, 15) is 0 Å². The number of nitrogens with two attached hydrogens (primary N) is 1. The van der Waals surface area contributed by atoms with Crippen molar-refractivity contribution in [3.8, 4) is 0 Å². The third-order valence-corrected chi connectivity index (χ3v) is 3.44. The van der Waals surface area contributed by atoms with Gasteiger partial charge in [-0.3, -0.25) is 4.90 Å². The Morgan fingerprint density at radius 3 is 2.73 bits per heavy atom. The SMILES string of the molecule is C[C@@H](N)CN1CCN(c2nccs2)CC1. The molecule has 84 valence electrons. The minimum Gasteiger partial charge on any atom is -0.346 e. The average molecular weight is 226 g/mol. The van der Waals surface area contributed by atoms with Crippen molar-refractivity contribution < 1.29 is 0 Å². The van der Waals surface area contributed by atoms with Crippen LogP contribution >= 0.6 is 11.3 Å². The van der Waals surface area contributed by atoms with Gasteiger partial charge in [-0.15, -0.1) is 11.3 Å². The number of rotatable bonds is 3. The number of piperazine rings is 1. The summed E-state index contributed by atoms with van der Waals surface area (Å²) in [6.45, 7) is 7.40. The first-order valence-electron chi connectivity index (χ1n) is 5.38.